The van der Waals surface area contributed by atoms with E-state index in [1.807, 2.05) is 42.1 Å². The molecule has 6 heteroatoms. The van der Waals surface area contributed by atoms with E-state index in [2.05, 4.69) is 21.9 Å². The molecule has 0 saturated heterocycles. The van der Waals surface area contributed by atoms with Gasteiger partial charge < -0.3 is 15.4 Å². The zero-order chi connectivity index (χ0) is 14.5. The standard InChI is InChI=1S/C15H25N3OS.HI/c1-16-15(18-11-7-13-20-2)17-10-6-12-19-14-8-4-3-5-9-14;/h3-5,8-9H,6-7,10-13H2,1-2H3,(H2,16,17,18);1H. The summed E-state index contributed by atoms with van der Waals surface area (Å²) < 4.78 is 5.63. The molecule has 2 N–H and O–H groups in total. The summed E-state index contributed by atoms with van der Waals surface area (Å²) in [5.74, 6) is 2.97. The van der Waals surface area contributed by atoms with Crippen LogP contribution in [0.3, 0.4) is 0 Å². The number of guanidine groups is 1. The predicted molar refractivity (Wildman–Crippen MR) is 104 cm³/mol. The molecule has 1 aromatic rings. The van der Waals surface area contributed by atoms with Crippen LogP contribution in [0.15, 0.2) is 35.3 Å². The summed E-state index contributed by atoms with van der Waals surface area (Å²) in [7, 11) is 1.80. The van der Waals surface area contributed by atoms with Crippen LogP contribution in [0.1, 0.15) is 12.8 Å². The van der Waals surface area contributed by atoms with Crippen LogP contribution in [0.4, 0.5) is 0 Å². The summed E-state index contributed by atoms with van der Waals surface area (Å²) in [6.07, 6.45) is 4.22. The lowest BCUT2D eigenvalue weighted by Crippen LogP contribution is -2.38. The summed E-state index contributed by atoms with van der Waals surface area (Å²) in [5.41, 5.74) is 0. The summed E-state index contributed by atoms with van der Waals surface area (Å²) in [6.45, 7) is 2.52. The van der Waals surface area contributed by atoms with Gasteiger partial charge in [-0.15, -0.1) is 24.0 Å². The molecule has 1 aromatic carbocycles. The molecule has 0 aromatic heterocycles. The van der Waals surface area contributed by atoms with Gasteiger partial charge in [-0.25, -0.2) is 0 Å². The number of nitrogens with one attached hydrogen (secondary N) is 2. The molecule has 0 unspecified atom stereocenters. The van der Waals surface area contributed by atoms with Crippen molar-refractivity contribution in [3.63, 3.8) is 0 Å². The monoisotopic (exact) mass is 423 g/mol. The molecule has 0 aliphatic heterocycles. The maximum atomic E-state index is 5.63. The fourth-order valence-electron chi connectivity index (χ4n) is 1.63. The van der Waals surface area contributed by atoms with Crippen molar-refractivity contribution in [2.45, 2.75) is 12.8 Å². The number of ether oxygens (including phenoxy) is 1. The predicted octanol–water partition coefficient (Wildman–Crippen LogP) is 2.99. The molecule has 21 heavy (non-hydrogen) atoms. The number of hydrogen-bond acceptors (Lipinski definition) is 3. The van der Waals surface area contributed by atoms with Gasteiger partial charge in [-0.2, -0.15) is 11.8 Å². The number of rotatable bonds is 9. The quantitative estimate of drug-likeness (QED) is 0.278. The molecule has 1 rings (SSSR count). The van der Waals surface area contributed by atoms with Crippen molar-refractivity contribution in [1.82, 2.24) is 10.6 Å². The van der Waals surface area contributed by atoms with E-state index < -0.39 is 0 Å². The fraction of sp³-hybridized carbons (Fsp3) is 0.533. The Bertz CT molecular complexity index is 376. The highest BCUT2D eigenvalue weighted by molar-refractivity contribution is 14.0. The zero-order valence-electron chi connectivity index (χ0n) is 12.8. The van der Waals surface area contributed by atoms with E-state index in [9.17, 15) is 0 Å². The van der Waals surface area contributed by atoms with E-state index in [0.717, 1.165) is 37.6 Å². The van der Waals surface area contributed by atoms with Crippen molar-refractivity contribution in [3.8, 4) is 5.75 Å². The number of para-hydroxylation sites is 1. The number of thioether (sulfide) groups is 1. The molecule has 0 heterocycles. The van der Waals surface area contributed by atoms with E-state index in [4.69, 9.17) is 4.74 Å². The SMILES string of the molecule is CN=C(NCCCOc1ccccc1)NCCCSC.I. The number of aliphatic imine (C=N–C) groups is 1. The van der Waals surface area contributed by atoms with E-state index in [1.165, 1.54) is 5.75 Å². The number of benzene rings is 1. The Morgan fingerprint density at radius 1 is 1.14 bits per heavy atom. The van der Waals surface area contributed by atoms with Crippen LogP contribution in [0.25, 0.3) is 0 Å². The Kier molecular flexibility index (Phi) is 13.9. The minimum atomic E-state index is 0. The molecule has 4 nitrogen and oxygen atoms in total. The summed E-state index contributed by atoms with van der Waals surface area (Å²) in [4.78, 5) is 4.19. The Morgan fingerprint density at radius 2 is 1.81 bits per heavy atom. The lowest BCUT2D eigenvalue weighted by Gasteiger charge is -2.12. The van der Waals surface area contributed by atoms with Crippen LogP contribution in [-0.4, -0.2) is 44.7 Å². The molecule has 0 radical (unpaired) electrons. The van der Waals surface area contributed by atoms with Gasteiger partial charge in [0.2, 0.25) is 0 Å². The fourth-order valence-corrected chi connectivity index (χ4v) is 2.06. The van der Waals surface area contributed by atoms with Crippen LogP contribution in [0.5, 0.6) is 5.75 Å². The molecule has 120 valence electrons. The van der Waals surface area contributed by atoms with Gasteiger partial charge in [0.1, 0.15) is 5.75 Å². The third-order valence-electron chi connectivity index (χ3n) is 2.67. The first kappa shape index (κ1) is 20.4. The topological polar surface area (TPSA) is 45.7 Å². The molecule has 0 saturated carbocycles. The van der Waals surface area contributed by atoms with E-state index >= 15 is 0 Å². The molecule has 0 atom stereocenters. The lowest BCUT2D eigenvalue weighted by atomic mass is 10.3. The molecule has 0 bridgehead atoms. The second-order valence-electron chi connectivity index (χ2n) is 4.29. The smallest absolute Gasteiger partial charge is 0.190 e. The highest BCUT2D eigenvalue weighted by Crippen LogP contribution is 2.07. The molecule has 0 amide bonds. The van der Waals surface area contributed by atoms with Gasteiger partial charge in [0.15, 0.2) is 5.96 Å². The highest BCUT2D eigenvalue weighted by Gasteiger charge is 1.97. The number of halogens is 1. The van der Waals surface area contributed by atoms with Crippen molar-refractivity contribution >= 4 is 41.7 Å². The van der Waals surface area contributed by atoms with Gasteiger partial charge in [0, 0.05) is 20.1 Å². The number of nitrogens with zero attached hydrogens (tertiary/aromatic N) is 1. The van der Waals surface area contributed by atoms with Crippen LogP contribution in [0.2, 0.25) is 0 Å². The van der Waals surface area contributed by atoms with E-state index in [0.29, 0.717) is 6.61 Å². The number of hydrogen-bond donors (Lipinski definition) is 2. The van der Waals surface area contributed by atoms with Gasteiger partial charge in [-0.3, -0.25) is 4.99 Å². The van der Waals surface area contributed by atoms with Crippen molar-refractivity contribution in [2.24, 2.45) is 4.99 Å². The summed E-state index contributed by atoms with van der Waals surface area (Å²) >= 11 is 1.87. The first-order valence-electron chi connectivity index (χ1n) is 6.98. The van der Waals surface area contributed by atoms with E-state index in [-0.39, 0.29) is 24.0 Å². The van der Waals surface area contributed by atoms with Gasteiger partial charge in [0.25, 0.3) is 0 Å². The maximum Gasteiger partial charge on any atom is 0.190 e. The van der Waals surface area contributed by atoms with Crippen molar-refractivity contribution in [3.05, 3.63) is 30.3 Å². The van der Waals surface area contributed by atoms with Crippen LogP contribution in [-0.2, 0) is 0 Å². The molecule has 0 aliphatic carbocycles. The first-order chi connectivity index (χ1) is 9.86. The molecule has 0 fully saturated rings. The van der Waals surface area contributed by atoms with Crippen LogP contribution >= 0.6 is 35.7 Å². The third-order valence-corrected chi connectivity index (χ3v) is 3.36. The minimum Gasteiger partial charge on any atom is -0.494 e. The van der Waals surface area contributed by atoms with Gasteiger partial charge in [-0.1, -0.05) is 18.2 Å². The summed E-state index contributed by atoms with van der Waals surface area (Å²) in [5, 5.41) is 6.58. The van der Waals surface area contributed by atoms with Crippen molar-refractivity contribution in [1.29, 1.82) is 0 Å². The largest absolute Gasteiger partial charge is 0.494 e. The molecular weight excluding hydrogens is 397 g/mol. The van der Waals surface area contributed by atoms with Crippen molar-refractivity contribution in [2.75, 3.05) is 38.8 Å². The molecular formula is C15H26IN3OS. The average molecular weight is 423 g/mol. The van der Waals surface area contributed by atoms with Crippen LogP contribution in [0, 0.1) is 0 Å². The van der Waals surface area contributed by atoms with Crippen molar-refractivity contribution < 1.29 is 4.74 Å². The maximum absolute atomic E-state index is 5.63. The zero-order valence-corrected chi connectivity index (χ0v) is 15.9. The third kappa shape index (κ3) is 10.7. The second kappa shape index (κ2) is 14.3. The summed E-state index contributed by atoms with van der Waals surface area (Å²) in [6, 6.07) is 9.89. The Morgan fingerprint density at radius 3 is 2.43 bits per heavy atom. The first-order valence-corrected chi connectivity index (χ1v) is 8.37. The second-order valence-corrected chi connectivity index (χ2v) is 5.27. The minimum absolute atomic E-state index is 0. The van der Waals surface area contributed by atoms with Gasteiger partial charge in [-0.05, 0) is 37.0 Å². The normalized spacial score (nSPS) is 10.7. The Hall–Kier alpha value is -0.630. The average Bonchev–Trinajstić information content (AvgIpc) is 2.50. The van der Waals surface area contributed by atoms with E-state index in [1.54, 1.807) is 7.05 Å². The van der Waals surface area contributed by atoms with Gasteiger partial charge >= 0.3 is 0 Å². The Labute approximate surface area is 149 Å². The lowest BCUT2D eigenvalue weighted by molar-refractivity contribution is 0.311. The van der Waals surface area contributed by atoms with Crippen LogP contribution < -0.4 is 15.4 Å². The molecule has 0 aliphatic rings. The molecule has 0 spiro atoms. The highest BCUT2D eigenvalue weighted by atomic mass is 127. The van der Waals surface area contributed by atoms with Gasteiger partial charge in [0.05, 0.1) is 6.61 Å². The Balaban J connectivity index is 0.00000400.